The Morgan fingerprint density at radius 2 is 2.07 bits per heavy atom. The van der Waals surface area contributed by atoms with Crippen molar-refractivity contribution in [1.29, 1.82) is 5.26 Å². The molecule has 0 saturated heterocycles. The van der Waals surface area contributed by atoms with Crippen LogP contribution in [-0.2, 0) is 6.42 Å². The van der Waals surface area contributed by atoms with Crippen LogP contribution >= 0.6 is 23.2 Å². The molecule has 30 heavy (non-hydrogen) atoms. The molecule has 0 aliphatic heterocycles. The third-order valence-electron chi connectivity index (χ3n) is 4.19. The number of hydrogen-bond donors (Lipinski definition) is 1. The lowest BCUT2D eigenvalue weighted by Crippen LogP contribution is -1.98. The smallest absolute Gasteiger partial charge is 0.268 e. The Morgan fingerprint density at radius 1 is 1.23 bits per heavy atom. The average Bonchev–Trinajstić information content (AvgIpc) is 3.35. The van der Waals surface area contributed by atoms with E-state index >= 15 is 4.39 Å². The van der Waals surface area contributed by atoms with Gasteiger partial charge in [0, 0.05) is 16.3 Å². The predicted molar refractivity (Wildman–Crippen MR) is 107 cm³/mol. The van der Waals surface area contributed by atoms with Crippen molar-refractivity contribution in [2.24, 2.45) is 0 Å². The SMILES string of the molecule is Cc1[nH]cnc1-c1nnc(Cc2ccc(Cl)c(Oc3cc(Cl)cc(C#N)c3)c2F)o1. The summed E-state index contributed by atoms with van der Waals surface area (Å²) < 4.78 is 26.3. The van der Waals surface area contributed by atoms with Crippen molar-refractivity contribution in [2.45, 2.75) is 13.3 Å². The van der Waals surface area contributed by atoms with Crippen molar-refractivity contribution in [3.05, 3.63) is 75.2 Å². The summed E-state index contributed by atoms with van der Waals surface area (Å²) in [5, 5.41) is 17.3. The fraction of sp³-hybridized carbons (Fsp3) is 0.100. The highest BCUT2D eigenvalue weighted by atomic mass is 35.5. The lowest BCUT2D eigenvalue weighted by molar-refractivity contribution is 0.437. The van der Waals surface area contributed by atoms with Gasteiger partial charge in [0.2, 0.25) is 5.89 Å². The molecule has 0 fully saturated rings. The minimum Gasteiger partial charge on any atom is -0.453 e. The van der Waals surface area contributed by atoms with E-state index in [2.05, 4.69) is 20.2 Å². The molecule has 4 aromatic rings. The Labute approximate surface area is 180 Å². The summed E-state index contributed by atoms with van der Waals surface area (Å²) in [5.74, 6) is -0.252. The molecule has 0 spiro atoms. The molecule has 0 radical (unpaired) electrons. The van der Waals surface area contributed by atoms with Crippen LogP contribution in [0.2, 0.25) is 10.0 Å². The fourth-order valence-electron chi connectivity index (χ4n) is 2.77. The van der Waals surface area contributed by atoms with Gasteiger partial charge in [-0.1, -0.05) is 29.3 Å². The van der Waals surface area contributed by atoms with Crippen LogP contribution in [0.15, 0.2) is 41.1 Å². The van der Waals surface area contributed by atoms with Gasteiger partial charge in [0.05, 0.1) is 29.4 Å². The minimum atomic E-state index is -0.684. The third-order valence-corrected chi connectivity index (χ3v) is 4.71. The molecular weight excluding hydrogens is 432 g/mol. The summed E-state index contributed by atoms with van der Waals surface area (Å²) in [5.41, 5.74) is 1.82. The lowest BCUT2D eigenvalue weighted by Gasteiger charge is -2.11. The Kier molecular flexibility index (Phi) is 5.40. The second-order valence-corrected chi connectivity index (χ2v) is 7.14. The molecule has 7 nitrogen and oxygen atoms in total. The topological polar surface area (TPSA) is 101 Å². The van der Waals surface area contributed by atoms with Crippen molar-refractivity contribution < 1.29 is 13.5 Å². The Morgan fingerprint density at radius 3 is 2.80 bits per heavy atom. The summed E-state index contributed by atoms with van der Waals surface area (Å²) in [6.07, 6.45) is 1.54. The van der Waals surface area contributed by atoms with E-state index < -0.39 is 5.82 Å². The summed E-state index contributed by atoms with van der Waals surface area (Å²) >= 11 is 12.1. The number of aryl methyl sites for hydroxylation is 1. The maximum Gasteiger partial charge on any atom is 0.268 e. The quantitative estimate of drug-likeness (QED) is 0.438. The van der Waals surface area contributed by atoms with Gasteiger partial charge in [0.25, 0.3) is 5.89 Å². The van der Waals surface area contributed by atoms with E-state index in [9.17, 15) is 0 Å². The zero-order valence-corrected chi connectivity index (χ0v) is 16.9. The highest BCUT2D eigenvalue weighted by Gasteiger charge is 2.19. The van der Waals surface area contributed by atoms with Gasteiger partial charge < -0.3 is 14.1 Å². The van der Waals surface area contributed by atoms with Gasteiger partial charge in [-0.15, -0.1) is 10.2 Å². The van der Waals surface area contributed by atoms with Crippen molar-refractivity contribution in [2.75, 3.05) is 0 Å². The molecule has 10 heteroatoms. The number of nitriles is 1. The first kappa shape index (κ1) is 19.9. The first-order chi connectivity index (χ1) is 14.4. The molecule has 0 aliphatic rings. The van der Waals surface area contributed by atoms with Crippen LogP contribution in [0.25, 0.3) is 11.6 Å². The monoisotopic (exact) mass is 443 g/mol. The zero-order valence-electron chi connectivity index (χ0n) is 15.4. The Hall–Kier alpha value is -3.41. The Bertz CT molecular complexity index is 1280. The van der Waals surface area contributed by atoms with Gasteiger partial charge in [0.15, 0.2) is 11.6 Å². The van der Waals surface area contributed by atoms with Gasteiger partial charge in [-0.05, 0) is 31.2 Å². The molecular formula is C20H12Cl2FN5O2. The second kappa shape index (κ2) is 8.14. The number of H-pyrrole nitrogens is 1. The molecule has 150 valence electrons. The second-order valence-electron chi connectivity index (χ2n) is 6.29. The van der Waals surface area contributed by atoms with Gasteiger partial charge in [-0.3, -0.25) is 0 Å². The van der Waals surface area contributed by atoms with Gasteiger partial charge in [0.1, 0.15) is 11.4 Å². The standard InChI is InChI=1S/C20H12Cl2FN5O2/c1-10-18(26-9-25-10)20-28-27-16(30-20)6-12-2-3-15(22)19(17(12)23)29-14-5-11(8-24)4-13(21)7-14/h2-5,7,9H,6H2,1H3,(H,25,26). The molecule has 2 aromatic heterocycles. The number of benzene rings is 2. The van der Waals surface area contributed by atoms with Crippen LogP contribution in [-0.4, -0.2) is 20.2 Å². The van der Waals surface area contributed by atoms with E-state index in [1.807, 2.05) is 13.0 Å². The number of rotatable bonds is 5. The first-order valence-electron chi connectivity index (χ1n) is 8.62. The summed E-state index contributed by atoms with van der Waals surface area (Å²) in [6.45, 7) is 1.82. The van der Waals surface area contributed by atoms with Gasteiger partial charge >= 0.3 is 0 Å². The van der Waals surface area contributed by atoms with E-state index in [0.29, 0.717) is 5.69 Å². The van der Waals surface area contributed by atoms with E-state index in [4.69, 9.17) is 37.6 Å². The zero-order chi connectivity index (χ0) is 21.3. The number of aromatic nitrogens is 4. The number of imidazole rings is 1. The molecule has 2 aromatic carbocycles. The van der Waals surface area contributed by atoms with Crippen LogP contribution in [0.4, 0.5) is 4.39 Å². The van der Waals surface area contributed by atoms with Crippen molar-refractivity contribution >= 4 is 23.2 Å². The number of nitrogens with zero attached hydrogens (tertiary/aromatic N) is 4. The lowest BCUT2D eigenvalue weighted by atomic mass is 10.1. The van der Waals surface area contributed by atoms with Crippen LogP contribution < -0.4 is 4.74 Å². The van der Waals surface area contributed by atoms with E-state index in [1.54, 1.807) is 0 Å². The Balaban J connectivity index is 1.62. The summed E-state index contributed by atoms with van der Waals surface area (Å²) in [6, 6.07) is 9.33. The van der Waals surface area contributed by atoms with Crippen molar-refractivity contribution in [3.8, 4) is 29.2 Å². The average molecular weight is 444 g/mol. The highest BCUT2D eigenvalue weighted by Crippen LogP contribution is 2.36. The van der Waals surface area contributed by atoms with Crippen LogP contribution in [0.3, 0.4) is 0 Å². The number of hydrogen-bond acceptors (Lipinski definition) is 6. The molecule has 0 aliphatic carbocycles. The fourth-order valence-corrected chi connectivity index (χ4v) is 3.18. The van der Waals surface area contributed by atoms with Crippen LogP contribution in [0, 0.1) is 24.1 Å². The third kappa shape index (κ3) is 3.99. The molecule has 0 saturated carbocycles. The van der Waals surface area contributed by atoms with Crippen molar-refractivity contribution in [1.82, 2.24) is 20.2 Å². The normalized spacial score (nSPS) is 10.8. The van der Waals surface area contributed by atoms with Gasteiger partial charge in [-0.2, -0.15) is 5.26 Å². The maximum atomic E-state index is 15.1. The molecule has 2 heterocycles. The maximum absolute atomic E-state index is 15.1. The minimum absolute atomic E-state index is 0.0226. The highest BCUT2D eigenvalue weighted by molar-refractivity contribution is 6.32. The van der Waals surface area contributed by atoms with E-state index in [0.717, 1.165) is 5.69 Å². The number of nitrogens with one attached hydrogen (secondary N) is 1. The van der Waals surface area contributed by atoms with Crippen LogP contribution in [0.1, 0.15) is 22.7 Å². The largest absolute Gasteiger partial charge is 0.453 e. The molecule has 0 bridgehead atoms. The molecule has 0 unspecified atom stereocenters. The molecule has 4 rings (SSSR count). The first-order valence-corrected chi connectivity index (χ1v) is 9.38. The number of ether oxygens (including phenoxy) is 1. The summed E-state index contributed by atoms with van der Waals surface area (Å²) in [4.78, 5) is 7.05. The van der Waals surface area contributed by atoms with Crippen LogP contribution in [0.5, 0.6) is 11.5 Å². The molecule has 0 atom stereocenters. The van der Waals surface area contributed by atoms with E-state index in [-0.39, 0.29) is 50.9 Å². The number of halogens is 3. The predicted octanol–water partition coefficient (Wildman–Crippen LogP) is 5.47. The number of aromatic amines is 1. The van der Waals surface area contributed by atoms with E-state index in [1.165, 1.54) is 36.7 Å². The molecule has 1 N–H and O–H groups in total. The molecule has 0 amide bonds. The summed E-state index contributed by atoms with van der Waals surface area (Å²) in [7, 11) is 0. The van der Waals surface area contributed by atoms with Crippen molar-refractivity contribution in [3.63, 3.8) is 0 Å². The van der Waals surface area contributed by atoms with Gasteiger partial charge in [-0.25, -0.2) is 9.37 Å².